The Morgan fingerprint density at radius 1 is 0.860 bits per heavy atom. The lowest BCUT2D eigenvalue weighted by Gasteiger charge is -2.12. The highest BCUT2D eigenvalue weighted by Crippen LogP contribution is 2.31. The molecule has 0 radical (unpaired) electrons. The zero-order valence-corrected chi connectivity index (χ0v) is 23.0. The minimum atomic E-state index is -0.244. The van der Waals surface area contributed by atoms with Gasteiger partial charge in [-0.05, 0) is 54.1 Å². The fraction of sp³-hybridized carbons (Fsp3) is 0.0312. The van der Waals surface area contributed by atoms with Crippen LogP contribution in [0.5, 0.6) is 0 Å². The number of rotatable bonds is 8. The smallest absolute Gasteiger partial charge is 0.251 e. The number of anilines is 1. The van der Waals surface area contributed by atoms with Crippen LogP contribution in [-0.4, -0.2) is 31.3 Å². The topological polar surface area (TPSA) is 175 Å². The summed E-state index contributed by atoms with van der Waals surface area (Å²) < 4.78 is 1.98. The number of carbonyl (C=O) groups is 1. The van der Waals surface area contributed by atoms with Gasteiger partial charge in [0.1, 0.15) is 11.3 Å². The van der Waals surface area contributed by atoms with Crippen LogP contribution in [0.15, 0.2) is 114 Å². The molecule has 8 N–H and O–H groups in total. The minimum absolute atomic E-state index is 0.178. The Labute approximate surface area is 247 Å². The summed E-state index contributed by atoms with van der Waals surface area (Å²) in [5, 5.41) is 6.71. The summed E-state index contributed by atoms with van der Waals surface area (Å²) >= 11 is 0. The van der Waals surface area contributed by atoms with Gasteiger partial charge in [0.15, 0.2) is 17.3 Å². The molecular formula is C32H28N10O. The molecule has 3 aromatic heterocycles. The number of hydrogen-bond acceptors (Lipinski definition) is 8. The van der Waals surface area contributed by atoms with E-state index >= 15 is 0 Å². The number of imidazole rings is 1. The highest BCUT2D eigenvalue weighted by Gasteiger charge is 2.19. The van der Waals surface area contributed by atoms with Gasteiger partial charge in [0.05, 0.1) is 11.3 Å². The van der Waals surface area contributed by atoms with Gasteiger partial charge in [0, 0.05) is 35.1 Å². The van der Waals surface area contributed by atoms with E-state index in [2.05, 4.69) is 20.9 Å². The van der Waals surface area contributed by atoms with Crippen molar-refractivity contribution in [3.63, 3.8) is 0 Å². The Bertz CT molecular complexity index is 1950. The molecule has 6 rings (SSSR count). The summed E-state index contributed by atoms with van der Waals surface area (Å²) in [7, 11) is 0. The van der Waals surface area contributed by atoms with Gasteiger partial charge < -0.3 is 16.8 Å². The Morgan fingerprint density at radius 2 is 1.65 bits per heavy atom. The maximum atomic E-state index is 12.9. The molecule has 0 spiro atoms. The third-order valence-electron chi connectivity index (χ3n) is 6.91. The Kier molecular flexibility index (Phi) is 7.45. The monoisotopic (exact) mass is 568 g/mol. The first-order valence-corrected chi connectivity index (χ1v) is 13.4. The third kappa shape index (κ3) is 5.60. The number of nitrogens with zero attached hydrogens (tertiary/aromatic N) is 5. The molecule has 0 aliphatic rings. The van der Waals surface area contributed by atoms with E-state index in [1.165, 1.54) is 0 Å². The summed E-state index contributed by atoms with van der Waals surface area (Å²) in [5.74, 6) is 6.15. The summed E-state index contributed by atoms with van der Waals surface area (Å²) in [5.41, 5.74) is 21.0. The van der Waals surface area contributed by atoms with E-state index in [0.717, 1.165) is 28.0 Å². The number of nitrogen functional groups attached to an aromatic ring is 1. The number of hydrazine groups is 1. The maximum absolute atomic E-state index is 12.9. The van der Waals surface area contributed by atoms with Crippen molar-refractivity contribution in [2.45, 2.75) is 6.54 Å². The first-order chi connectivity index (χ1) is 21.0. The van der Waals surface area contributed by atoms with E-state index in [1.54, 1.807) is 30.5 Å². The number of nitrogens with two attached hydrogens (primary N) is 3. The second-order valence-corrected chi connectivity index (χ2v) is 9.67. The fourth-order valence-electron chi connectivity index (χ4n) is 4.76. The van der Waals surface area contributed by atoms with Crippen LogP contribution < -0.4 is 28.2 Å². The summed E-state index contributed by atoms with van der Waals surface area (Å²) in [4.78, 5) is 27.0. The predicted molar refractivity (Wildman–Crippen MR) is 168 cm³/mol. The molecule has 0 fully saturated rings. The number of nitrogens with one attached hydrogen (secondary N) is 2. The zero-order chi connectivity index (χ0) is 29.8. The molecule has 0 saturated heterocycles. The normalized spacial score (nSPS) is 11.4. The molecular weight excluding hydrogens is 540 g/mol. The molecule has 3 heterocycles. The zero-order valence-electron chi connectivity index (χ0n) is 23.0. The molecule has 11 heteroatoms. The van der Waals surface area contributed by atoms with Gasteiger partial charge in [0.25, 0.3) is 5.91 Å². The first kappa shape index (κ1) is 27.1. The second-order valence-electron chi connectivity index (χ2n) is 9.67. The Hall–Kier alpha value is -6.07. The molecule has 0 aliphatic carbocycles. The summed E-state index contributed by atoms with van der Waals surface area (Å²) in [6.45, 7) is 0.320. The predicted octanol–water partition coefficient (Wildman–Crippen LogP) is 3.75. The summed E-state index contributed by atoms with van der Waals surface area (Å²) in [6.07, 6.45) is 1.65. The second kappa shape index (κ2) is 11.8. The molecule has 11 nitrogen and oxygen atoms in total. The highest BCUT2D eigenvalue weighted by molar-refractivity contribution is 6.01. The van der Waals surface area contributed by atoms with E-state index in [1.807, 2.05) is 83.4 Å². The fourth-order valence-corrected chi connectivity index (χ4v) is 4.76. The maximum Gasteiger partial charge on any atom is 0.251 e. The third-order valence-corrected chi connectivity index (χ3v) is 6.91. The lowest BCUT2D eigenvalue weighted by atomic mass is 10.1. The molecule has 43 heavy (non-hydrogen) atoms. The first-order valence-electron chi connectivity index (χ1n) is 13.4. The quantitative estimate of drug-likeness (QED) is 0.0798. The molecule has 6 aromatic rings. The summed E-state index contributed by atoms with van der Waals surface area (Å²) in [6, 6.07) is 32.3. The van der Waals surface area contributed by atoms with Gasteiger partial charge >= 0.3 is 0 Å². The van der Waals surface area contributed by atoms with Crippen molar-refractivity contribution in [2.24, 2.45) is 16.7 Å². The molecule has 212 valence electrons. The number of hydrazone groups is 1. The largest absolute Gasteiger partial charge is 0.383 e. The number of pyridine rings is 2. The van der Waals surface area contributed by atoms with Crippen LogP contribution in [0.2, 0.25) is 0 Å². The van der Waals surface area contributed by atoms with Crippen LogP contribution in [-0.2, 0) is 6.54 Å². The van der Waals surface area contributed by atoms with Crippen molar-refractivity contribution >= 4 is 28.7 Å². The van der Waals surface area contributed by atoms with Crippen LogP contribution in [0, 0.1) is 0 Å². The van der Waals surface area contributed by atoms with Crippen molar-refractivity contribution in [3.05, 3.63) is 126 Å². The molecule has 0 aliphatic heterocycles. The van der Waals surface area contributed by atoms with Crippen LogP contribution >= 0.6 is 0 Å². The SMILES string of the molecule is NN/N=C(\N)c1cccc(C(=O)NCc2ccc(-n3c(-c4cccnc4N)nc4ccc(-c5ccccc5)nc43)cc2)c1. The lowest BCUT2D eigenvalue weighted by molar-refractivity contribution is 0.0951. The number of carbonyl (C=O) groups excluding carboxylic acids is 1. The minimum Gasteiger partial charge on any atom is -0.383 e. The molecule has 0 unspecified atom stereocenters. The van der Waals surface area contributed by atoms with E-state index < -0.39 is 0 Å². The van der Waals surface area contributed by atoms with E-state index in [9.17, 15) is 4.79 Å². The Morgan fingerprint density at radius 3 is 2.42 bits per heavy atom. The number of amides is 1. The Balaban J connectivity index is 1.31. The van der Waals surface area contributed by atoms with Crippen molar-refractivity contribution in [2.75, 3.05) is 5.73 Å². The van der Waals surface area contributed by atoms with Crippen LogP contribution in [0.25, 0.3) is 39.5 Å². The number of aromatic nitrogens is 4. The standard InChI is InChI=1S/C32H28N10O/c33-28(40-41-35)22-8-4-9-23(18-22)32(43)37-19-20-11-13-24(14-12-20)42-30(25-10-5-17-36-29(25)34)39-27-16-15-26(38-31(27)42)21-6-2-1-3-7-21/h1-18,41H,19,35H2,(H2,33,40)(H2,34,36)(H,37,43). The lowest BCUT2D eigenvalue weighted by Crippen LogP contribution is -2.25. The molecule has 3 aromatic carbocycles. The average Bonchev–Trinajstić information content (AvgIpc) is 3.43. The van der Waals surface area contributed by atoms with Gasteiger partial charge in [-0.3, -0.25) is 9.36 Å². The van der Waals surface area contributed by atoms with Gasteiger partial charge in [0.2, 0.25) is 0 Å². The molecule has 0 bridgehead atoms. The van der Waals surface area contributed by atoms with Crippen LogP contribution in [0.1, 0.15) is 21.5 Å². The van der Waals surface area contributed by atoms with Crippen molar-refractivity contribution in [3.8, 4) is 28.3 Å². The number of amidine groups is 1. The molecule has 1 amide bonds. The molecule has 0 atom stereocenters. The number of fused-ring (bicyclic) bond motifs is 1. The van der Waals surface area contributed by atoms with E-state index in [-0.39, 0.29) is 11.7 Å². The van der Waals surface area contributed by atoms with E-state index in [0.29, 0.717) is 40.5 Å². The van der Waals surface area contributed by atoms with Gasteiger partial charge in [-0.25, -0.2) is 26.3 Å². The molecule has 0 saturated carbocycles. The van der Waals surface area contributed by atoms with Crippen molar-refractivity contribution < 1.29 is 4.79 Å². The van der Waals surface area contributed by atoms with Gasteiger partial charge in [-0.1, -0.05) is 54.6 Å². The van der Waals surface area contributed by atoms with E-state index in [4.69, 9.17) is 27.3 Å². The average molecular weight is 569 g/mol. The van der Waals surface area contributed by atoms with Gasteiger partial charge in [-0.15, -0.1) is 5.10 Å². The van der Waals surface area contributed by atoms with Crippen LogP contribution in [0.3, 0.4) is 0 Å². The number of hydrogen-bond donors (Lipinski definition) is 5. The number of benzene rings is 3. The highest BCUT2D eigenvalue weighted by atomic mass is 16.1. The van der Waals surface area contributed by atoms with Crippen LogP contribution in [0.4, 0.5) is 5.82 Å². The van der Waals surface area contributed by atoms with Crippen molar-refractivity contribution in [1.29, 1.82) is 0 Å². The van der Waals surface area contributed by atoms with Gasteiger partial charge in [-0.2, -0.15) is 0 Å². The van der Waals surface area contributed by atoms with Crippen molar-refractivity contribution in [1.82, 2.24) is 30.4 Å².